The van der Waals surface area contributed by atoms with Crippen LogP contribution in [0.15, 0.2) is 0 Å². The quantitative estimate of drug-likeness (QED) is 0.548. The molecular formula is C13H24O3. The Kier molecular flexibility index (Phi) is 3.68. The summed E-state index contributed by atoms with van der Waals surface area (Å²) in [6.45, 7) is 12.6. The van der Waals surface area contributed by atoms with Gasteiger partial charge in [0.2, 0.25) is 0 Å². The minimum atomic E-state index is -0.383. The van der Waals surface area contributed by atoms with Crippen molar-refractivity contribution in [3.8, 4) is 0 Å². The molecule has 1 aliphatic rings. The van der Waals surface area contributed by atoms with Crippen molar-refractivity contribution in [2.24, 2.45) is 10.8 Å². The molecule has 16 heavy (non-hydrogen) atoms. The van der Waals surface area contributed by atoms with Crippen LogP contribution in [0.3, 0.4) is 0 Å². The number of carbonyl (C=O) groups is 1. The number of hydrogen-bond acceptors (Lipinski definition) is 3. The second kappa shape index (κ2) is 4.36. The van der Waals surface area contributed by atoms with Gasteiger partial charge in [-0.1, -0.05) is 27.7 Å². The highest BCUT2D eigenvalue weighted by Crippen LogP contribution is 2.38. The van der Waals surface area contributed by atoms with Crippen molar-refractivity contribution in [3.05, 3.63) is 0 Å². The Morgan fingerprint density at radius 3 is 2.19 bits per heavy atom. The average molecular weight is 228 g/mol. The third-order valence-corrected chi connectivity index (χ3v) is 3.25. The zero-order chi connectivity index (χ0) is 12.6. The minimum Gasteiger partial charge on any atom is -0.462 e. The number of epoxide rings is 1. The van der Waals surface area contributed by atoms with Gasteiger partial charge in [0.15, 0.2) is 0 Å². The molecule has 0 saturated carbocycles. The summed E-state index contributed by atoms with van der Waals surface area (Å²) in [4.78, 5) is 11.7. The maximum atomic E-state index is 11.7. The van der Waals surface area contributed by atoms with Crippen molar-refractivity contribution >= 4 is 5.97 Å². The van der Waals surface area contributed by atoms with Gasteiger partial charge in [-0.2, -0.15) is 0 Å². The molecule has 1 aliphatic heterocycles. The topological polar surface area (TPSA) is 38.8 Å². The highest BCUT2D eigenvalue weighted by atomic mass is 16.6. The summed E-state index contributed by atoms with van der Waals surface area (Å²) >= 11 is 0. The van der Waals surface area contributed by atoms with Crippen LogP contribution >= 0.6 is 0 Å². The molecule has 0 amide bonds. The summed E-state index contributed by atoms with van der Waals surface area (Å²) in [6.07, 6.45) is 1.11. The van der Waals surface area contributed by atoms with Gasteiger partial charge < -0.3 is 9.47 Å². The largest absolute Gasteiger partial charge is 0.462 e. The van der Waals surface area contributed by atoms with E-state index in [1.807, 2.05) is 20.8 Å². The molecular weight excluding hydrogens is 204 g/mol. The first-order valence-corrected chi connectivity index (χ1v) is 6.01. The maximum Gasteiger partial charge on any atom is 0.311 e. The molecule has 0 aromatic heterocycles. The third-order valence-electron chi connectivity index (χ3n) is 3.25. The van der Waals surface area contributed by atoms with E-state index in [1.54, 1.807) is 0 Å². The van der Waals surface area contributed by atoms with Crippen LogP contribution in [0.1, 0.15) is 48.0 Å². The van der Waals surface area contributed by atoms with Crippen molar-refractivity contribution in [2.45, 2.75) is 60.2 Å². The number of esters is 1. The Morgan fingerprint density at radius 1 is 1.25 bits per heavy atom. The molecule has 2 unspecified atom stereocenters. The third kappa shape index (κ3) is 3.21. The zero-order valence-electron chi connectivity index (χ0n) is 11.3. The minimum absolute atomic E-state index is 0.0941. The number of hydrogen-bond donors (Lipinski definition) is 0. The molecule has 0 aromatic carbocycles. The second-order valence-corrected chi connectivity index (χ2v) is 6.30. The first-order valence-electron chi connectivity index (χ1n) is 6.01. The summed E-state index contributed by atoms with van der Waals surface area (Å²) in [6, 6.07) is 0. The predicted molar refractivity (Wildman–Crippen MR) is 63.1 cm³/mol. The van der Waals surface area contributed by atoms with E-state index >= 15 is 0 Å². The van der Waals surface area contributed by atoms with Crippen molar-refractivity contribution in [3.63, 3.8) is 0 Å². The van der Waals surface area contributed by atoms with Gasteiger partial charge in [0, 0.05) is 0 Å². The second-order valence-electron chi connectivity index (χ2n) is 6.30. The van der Waals surface area contributed by atoms with Gasteiger partial charge in [0.05, 0.1) is 11.5 Å². The molecule has 2 atom stereocenters. The molecule has 1 saturated heterocycles. The number of rotatable bonds is 4. The van der Waals surface area contributed by atoms with Gasteiger partial charge in [-0.25, -0.2) is 0 Å². The van der Waals surface area contributed by atoms with Crippen LogP contribution < -0.4 is 0 Å². The van der Waals surface area contributed by atoms with Crippen molar-refractivity contribution in [1.82, 2.24) is 0 Å². The molecule has 3 nitrogen and oxygen atoms in total. The summed E-state index contributed by atoms with van der Waals surface area (Å²) in [5.74, 6) is -0.127. The van der Waals surface area contributed by atoms with E-state index in [4.69, 9.17) is 9.47 Å². The van der Waals surface area contributed by atoms with E-state index in [1.165, 1.54) is 0 Å². The zero-order valence-corrected chi connectivity index (χ0v) is 11.3. The van der Waals surface area contributed by atoms with Crippen LogP contribution in [-0.4, -0.2) is 24.8 Å². The lowest BCUT2D eigenvalue weighted by Gasteiger charge is -2.20. The van der Waals surface area contributed by atoms with Crippen LogP contribution in [0.2, 0.25) is 0 Å². The van der Waals surface area contributed by atoms with Crippen LogP contribution in [0, 0.1) is 10.8 Å². The maximum absolute atomic E-state index is 11.7. The van der Waals surface area contributed by atoms with E-state index in [0.717, 1.165) is 6.42 Å². The van der Waals surface area contributed by atoms with Crippen molar-refractivity contribution < 1.29 is 14.3 Å². The fourth-order valence-corrected chi connectivity index (χ4v) is 1.53. The van der Waals surface area contributed by atoms with Gasteiger partial charge in [-0.3, -0.25) is 4.79 Å². The van der Waals surface area contributed by atoms with E-state index in [0.29, 0.717) is 6.61 Å². The lowest BCUT2D eigenvalue weighted by molar-refractivity contribution is -0.154. The van der Waals surface area contributed by atoms with Gasteiger partial charge >= 0.3 is 5.97 Å². The fraction of sp³-hybridized carbons (Fsp3) is 0.923. The molecule has 0 radical (unpaired) electrons. The number of ether oxygens (including phenoxy) is 2. The lowest BCUT2D eigenvalue weighted by Crippen LogP contribution is -2.28. The van der Waals surface area contributed by atoms with Gasteiger partial charge in [0.25, 0.3) is 0 Å². The molecule has 0 aromatic rings. The van der Waals surface area contributed by atoms with Gasteiger partial charge in [0.1, 0.15) is 12.7 Å². The summed E-state index contributed by atoms with van der Waals surface area (Å²) in [5.41, 5.74) is -0.247. The Balaban J connectivity index is 2.31. The van der Waals surface area contributed by atoms with Crippen LogP contribution in [0.4, 0.5) is 0 Å². The van der Waals surface area contributed by atoms with Crippen LogP contribution in [-0.2, 0) is 14.3 Å². The summed E-state index contributed by atoms with van der Waals surface area (Å²) in [5, 5.41) is 0. The Morgan fingerprint density at radius 2 is 1.81 bits per heavy atom. The molecule has 3 heteroatoms. The highest BCUT2D eigenvalue weighted by molar-refractivity contribution is 5.75. The fourth-order valence-electron chi connectivity index (χ4n) is 1.53. The Bertz CT molecular complexity index is 263. The van der Waals surface area contributed by atoms with E-state index in [9.17, 15) is 4.79 Å². The van der Waals surface area contributed by atoms with Crippen molar-refractivity contribution in [1.29, 1.82) is 0 Å². The van der Waals surface area contributed by atoms with Crippen LogP contribution in [0.5, 0.6) is 0 Å². The standard InChI is InChI=1S/C13H24O3/c1-7-13(5,6)11(14)15-8-9-10(16-9)12(2,3)4/h9-10H,7-8H2,1-6H3. The van der Waals surface area contributed by atoms with Gasteiger partial charge in [-0.15, -0.1) is 0 Å². The summed E-state index contributed by atoms with van der Waals surface area (Å²) < 4.78 is 10.8. The van der Waals surface area contributed by atoms with E-state index in [2.05, 4.69) is 20.8 Å². The van der Waals surface area contributed by atoms with Crippen molar-refractivity contribution in [2.75, 3.05) is 6.61 Å². The molecule has 1 rings (SSSR count). The number of carbonyl (C=O) groups excluding carboxylic acids is 1. The molecule has 94 valence electrons. The predicted octanol–water partition coefficient (Wildman–Crippen LogP) is 2.78. The SMILES string of the molecule is CCC(C)(C)C(=O)OCC1OC1C(C)(C)C. The molecule has 0 N–H and O–H groups in total. The van der Waals surface area contributed by atoms with E-state index in [-0.39, 0.29) is 29.0 Å². The average Bonchev–Trinajstić information content (AvgIpc) is 2.92. The Hall–Kier alpha value is -0.570. The smallest absolute Gasteiger partial charge is 0.311 e. The van der Waals surface area contributed by atoms with E-state index < -0.39 is 0 Å². The molecule has 0 aliphatic carbocycles. The molecule has 1 fully saturated rings. The lowest BCUT2D eigenvalue weighted by atomic mass is 9.90. The molecule has 0 bridgehead atoms. The molecule has 0 spiro atoms. The monoisotopic (exact) mass is 228 g/mol. The first kappa shape index (κ1) is 13.5. The first-order chi connectivity index (χ1) is 7.18. The molecule has 1 heterocycles. The highest BCUT2D eigenvalue weighted by Gasteiger charge is 2.48. The normalized spacial score (nSPS) is 25.4. The van der Waals surface area contributed by atoms with Crippen LogP contribution in [0.25, 0.3) is 0 Å². The van der Waals surface area contributed by atoms with Gasteiger partial charge in [-0.05, 0) is 25.7 Å². The summed E-state index contributed by atoms with van der Waals surface area (Å²) in [7, 11) is 0. The Labute approximate surface area is 98.5 Å².